The summed E-state index contributed by atoms with van der Waals surface area (Å²) in [7, 11) is 1.62. The number of rotatable bonds is 7. The lowest BCUT2D eigenvalue weighted by Gasteiger charge is -2.13. The molecule has 0 aliphatic rings. The van der Waals surface area contributed by atoms with E-state index in [4.69, 9.17) is 21.7 Å². The highest BCUT2D eigenvalue weighted by atomic mass is 79.9. The van der Waals surface area contributed by atoms with Gasteiger partial charge in [-0.25, -0.2) is 0 Å². The molecule has 6 nitrogen and oxygen atoms in total. The third kappa shape index (κ3) is 4.64. The molecule has 0 atom stereocenters. The van der Waals surface area contributed by atoms with Crippen LogP contribution >= 0.6 is 28.1 Å². The summed E-state index contributed by atoms with van der Waals surface area (Å²) in [6.45, 7) is 2.41. The first-order valence-corrected chi connectivity index (χ1v) is 9.57. The second kappa shape index (κ2) is 8.96. The molecule has 0 saturated heterocycles. The Morgan fingerprint density at radius 3 is 2.74 bits per heavy atom. The van der Waals surface area contributed by atoms with E-state index in [9.17, 15) is 0 Å². The fourth-order valence-electron chi connectivity index (χ4n) is 2.48. The first-order valence-electron chi connectivity index (χ1n) is 8.37. The standard InChI is InChI=1S/C19H19BrN4O2S/c1-3-17-22-23-19(27)24(17)21-11-14-5-4-6-16(25-2)18(14)26-12-13-7-9-15(20)10-8-13/h4-11H,3,12H2,1-2H3,(H,23,27)/b21-11+. The highest BCUT2D eigenvalue weighted by molar-refractivity contribution is 9.10. The fourth-order valence-corrected chi connectivity index (χ4v) is 2.94. The van der Waals surface area contributed by atoms with Crippen LogP contribution in [0, 0.1) is 4.77 Å². The summed E-state index contributed by atoms with van der Waals surface area (Å²) in [5.41, 5.74) is 1.84. The molecule has 0 fully saturated rings. The first-order chi connectivity index (χ1) is 13.1. The van der Waals surface area contributed by atoms with Crippen LogP contribution in [0.1, 0.15) is 23.9 Å². The van der Waals surface area contributed by atoms with Gasteiger partial charge in [0, 0.05) is 16.5 Å². The van der Waals surface area contributed by atoms with Crippen LogP contribution < -0.4 is 9.47 Å². The van der Waals surface area contributed by atoms with Crippen molar-refractivity contribution in [3.8, 4) is 11.5 Å². The summed E-state index contributed by atoms with van der Waals surface area (Å²) in [5, 5.41) is 11.4. The van der Waals surface area contributed by atoms with Crippen LogP contribution in [-0.4, -0.2) is 28.2 Å². The molecule has 27 heavy (non-hydrogen) atoms. The zero-order valence-corrected chi connectivity index (χ0v) is 17.4. The van der Waals surface area contributed by atoms with E-state index >= 15 is 0 Å². The van der Waals surface area contributed by atoms with E-state index in [0.717, 1.165) is 27.8 Å². The number of aromatic nitrogens is 3. The van der Waals surface area contributed by atoms with Crippen molar-refractivity contribution in [2.24, 2.45) is 5.10 Å². The number of halogens is 1. The van der Waals surface area contributed by atoms with Gasteiger partial charge in [0.05, 0.1) is 13.3 Å². The maximum Gasteiger partial charge on any atom is 0.216 e. The van der Waals surface area contributed by atoms with E-state index < -0.39 is 0 Å². The molecular weight excluding hydrogens is 428 g/mol. The van der Waals surface area contributed by atoms with Crippen LogP contribution in [-0.2, 0) is 13.0 Å². The number of H-pyrrole nitrogens is 1. The molecule has 1 aromatic heterocycles. The molecule has 2 aromatic carbocycles. The van der Waals surface area contributed by atoms with E-state index in [-0.39, 0.29) is 0 Å². The number of benzene rings is 2. The SMILES string of the molecule is CCc1n[nH]c(=S)n1/N=C/c1cccc(OC)c1OCc1ccc(Br)cc1. The minimum Gasteiger partial charge on any atom is -0.493 e. The fraction of sp³-hybridized carbons (Fsp3) is 0.211. The molecule has 0 unspecified atom stereocenters. The average Bonchev–Trinajstić information content (AvgIpc) is 3.05. The number of para-hydroxylation sites is 1. The van der Waals surface area contributed by atoms with Gasteiger partial charge in [-0.15, -0.1) is 0 Å². The number of ether oxygens (including phenoxy) is 2. The van der Waals surface area contributed by atoms with Crippen LogP contribution in [0.25, 0.3) is 0 Å². The van der Waals surface area contributed by atoms with Crippen LogP contribution in [0.4, 0.5) is 0 Å². The van der Waals surface area contributed by atoms with E-state index in [1.54, 1.807) is 18.0 Å². The Balaban J connectivity index is 1.89. The molecule has 0 radical (unpaired) electrons. The number of methoxy groups -OCH3 is 1. The lowest BCUT2D eigenvalue weighted by Crippen LogP contribution is -2.02. The van der Waals surface area contributed by atoms with Gasteiger partial charge in [0.1, 0.15) is 6.61 Å². The highest BCUT2D eigenvalue weighted by Gasteiger charge is 2.10. The molecule has 1 heterocycles. The minimum atomic E-state index is 0.417. The Morgan fingerprint density at radius 1 is 1.26 bits per heavy atom. The van der Waals surface area contributed by atoms with Gasteiger partial charge in [-0.2, -0.15) is 14.9 Å². The predicted octanol–water partition coefficient (Wildman–Crippen LogP) is 4.74. The highest BCUT2D eigenvalue weighted by Crippen LogP contribution is 2.31. The molecule has 3 rings (SSSR count). The molecule has 140 valence electrons. The zero-order valence-electron chi connectivity index (χ0n) is 15.0. The zero-order chi connectivity index (χ0) is 19.2. The smallest absolute Gasteiger partial charge is 0.216 e. The van der Waals surface area contributed by atoms with Gasteiger partial charge < -0.3 is 9.47 Å². The average molecular weight is 447 g/mol. The minimum absolute atomic E-state index is 0.417. The van der Waals surface area contributed by atoms with Crippen molar-refractivity contribution >= 4 is 34.4 Å². The molecule has 0 saturated carbocycles. The van der Waals surface area contributed by atoms with Gasteiger partial charge in [-0.1, -0.05) is 41.1 Å². The van der Waals surface area contributed by atoms with Gasteiger partial charge in [0.15, 0.2) is 17.3 Å². The number of hydrogen-bond donors (Lipinski definition) is 1. The maximum absolute atomic E-state index is 6.05. The molecule has 3 aromatic rings. The normalized spacial score (nSPS) is 11.1. The Morgan fingerprint density at radius 2 is 2.04 bits per heavy atom. The molecule has 0 aliphatic carbocycles. The Labute approximate surface area is 171 Å². The quantitative estimate of drug-likeness (QED) is 0.420. The Hall–Kier alpha value is -2.45. The van der Waals surface area contributed by atoms with Gasteiger partial charge in [-0.05, 0) is 42.0 Å². The number of hydrogen-bond acceptors (Lipinski definition) is 5. The molecule has 0 bridgehead atoms. The summed E-state index contributed by atoms with van der Waals surface area (Å²) < 4.78 is 14.6. The molecule has 8 heteroatoms. The Kier molecular flexibility index (Phi) is 6.41. The molecule has 0 aliphatic heterocycles. The number of nitrogens with zero attached hydrogens (tertiary/aromatic N) is 3. The van der Waals surface area contributed by atoms with Crippen molar-refractivity contribution in [3.05, 3.63) is 68.7 Å². The van der Waals surface area contributed by atoms with Gasteiger partial charge in [0.2, 0.25) is 4.77 Å². The van der Waals surface area contributed by atoms with E-state index in [1.807, 2.05) is 49.4 Å². The molecular formula is C19H19BrN4O2S. The Bertz CT molecular complexity index is 996. The number of aryl methyl sites for hydroxylation is 1. The van der Waals surface area contributed by atoms with Crippen LogP contribution in [0.2, 0.25) is 0 Å². The first kappa shape index (κ1) is 19.3. The summed E-state index contributed by atoms with van der Waals surface area (Å²) in [5.74, 6) is 2.03. The lowest BCUT2D eigenvalue weighted by molar-refractivity contribution is 0.284. The number of nitrogens with one attached hydrogen (secondary N) is 1. The van der Waals surface area contributed by atoms with E-state index in [2.05, 4.69) is 31.2 Å². The molecule has 1 N–H and O–H groups in total. The summed E-state index contributed by atoms with van der Waals surface area (Å²) >= 11 is 8.67. The van der Waals surface area contributed by atoms with E-state index in [0.29, 0.717) is 22.9 Å². The van der Waals surface area contributed by atoms with Gasteiger partial charge in [0.25, 0.3) is 0 Å². The summed E-state index contributed by atoms with van der Waals surface area (Å²) in [6.07, 6.45) is 2.42. The van der Waals surface area contributed by atoms with Crippen molar-refractivity contribution in [1.29, 1.82) is 0 Å². The maximum atomic E-state index is 6.05. The van der Waals surface area contributed by atoms with Gasteiger partial charge in [-0.3, -0.25) is 5.10 Å². The monoisotopic (exact) mass is 446 g/mol. The lowest BCUT2D eigenvalue weighted by atomic mass is 10.2. The van der Waals surface area contributed by atoms with Crippen molar-refractivity contribution in [1.82, 2.24) is 14.9 Å². The topological polar surface area (TPSA) is 64.4 Å². The van der Waals surface area contributed by atoms with Gasteiger partial charge >= 0.3 is 0 Å². The van der Waals surface area contributed by atoms with Crippen LogP contribution in [0.3, 0.4) is 0 Å². The third-order valence-electron chi connectivity index (χ3n) is 3.87. The third-order valence-corrected chi connectivity index (χ3v) is 4.66. The van der Waals surface area contributed by atoms with Crippen molar-refractivity contribution in [2.45, 2.75) is 20.0 Å². The second-order valence-electron chi connectivity index (χ2n) is 5.65. The van der Waals surface area contributed by atoms with E-state index in [1.165, 1.54) is 0 Å². The molecule has 0 amide bonds. The van der Waals surface area contributed by atoms with Crippen LogP contribution in [0.5, 0.6) is 11.5 Å². The summed E-state index contributed by atoms with van der Waals surface area (Å²) in [6, 6.07) is 13.6. The second-order valence-corrected chi connectivity index (χ2v) is 6.95. The number of aromatic amines is 1. The van der Waals surface area contributed by atoms with Crippen molar-refractivity contribution in [3.63, 3.8) is 0 Å². The predicted molar refractivity (Wildman–Crippen MR) is 111 cm³/mol. The van der Waals surface area contributed by atoms with Crippen LogP contribution in [0.15, 0.2) is 52.0 Å². The van der Waals surface area contributed by atoms with Crippen molar-refractivity contribution in [2.75, 3.05) is 7.11 Å². The summed E-state index contributed by atoms with van der Waals surface area (Å²) in [4.78, 5) is 0. The largest absolute Gasteiger partial charge is 0.493 e. The molecule has 0 spiro atoms. The van der Waals surface area contributed by atoms with Crippen molar-refractivity contribution < 1.29 is 9.47 Å².